The van der Waals surface area contributed by atoms with Crippen molar-refractivity contribution in [1.29, 1.82) is 0 Å². The Balaban J connectivity index is 2.43. The highest BCUT2D eigenvalue weighted by Crippen LogP contribution is 2.10. The van der Waals surface area contributed by atoms with Crippen molar-refractivity contribution in [2.45, 2.75) is 13.5 Å². The lowest BCUT2D eigenvalue weighted by Gasteiger charge is -2.09. The number of rotatable bonds is 2. The van der Waals surface area contributed by atoms with Gasteiger partial charge in [-0.1, -0.05) is 0 Å². The van der Waals surface area contributed by atoms with Crippen LogP contribution in [0, 0.1) is 10.5 Å². The minimum absolute atomic E-state index is 0.0157. The van der Waals surface area contributed by atoms with Gasteiger partial charge in [-0.05, 0) is 57.1 Å². The summed E-state index contributed by atoms with van der Waals surface area (Å²) in [6.45, 7) is 2.31. The molecule has 0 bridgehead atoms. The summed E-state index contributed by atoms with van der Waals surface area (Å²) in [7, 11) is 0. The number of hydrogen-bond donors (Lipinski definition) is 0. The highest BCUT2D eigenvalue weighted by molar-refractivity contribution is 14.1. The Kier molecular flexibility index (Phi) is 3.93. The maximum atomic E-state index is 12.0. The van der Waals surface area contributed by atoms with E-state index in [0.29, 0.717) is 15.9 Å². The van der Waals surface area contributed by atoms with Crippen LogP contribution in [0.4, 0.5) is 0 Å². The van der Waals surface area contributed by atoms with E-state index in [1.54, 1.807) is 23.2 Å². The van der Waals surface area contributed by atoms with Gasteiger partial charge >= 0.3 is 0 Å². The van der Waals surface area contributed by atoms with E-state index < -0.39 is 0 Å². The fraction of sp³-hybridized carbons (Fsp3) is 0.182. The van der Waals surface area contributed by atoms with Crippen molar-refractivity contribution in [3.8, 4) is 0 Å². The molecule has 2 rings (SSSR count). The van der Waals surface area contributed by atoms with Crippen LogP contribution >= 0.6 is 38.5 Å². The monoisotopic (exact) mass is 405 g/mol. The van der Waals surface area contributed by atoms with E-state index in [1.165, 1.54) is 0 Å². The first-order valence-electron chi connectivity index (χ1n) is 4.89. The van der Waals surface area contributed by atoms with Gasteiger partial charge in [0, 0.05) is 23.1 Å². The number of nitrogens with zero attached hydrogens (tertiary/aromatic N) is 3. The molecule has 0 atom stereocenters. The summed E-state index contributed by atoms with van der Waals surface area (Å²) in [4.78, 5) is 20.2. The molecule has 0 aliphatic heterocycles. The van der Waals surface area contributed by atoms with Crippen LogP contribution in [0.15, 0.2) is 33.9 Å². The van der Waals surface area contributed by atoms with Gasteiger partial charge in [-0.2, -0.15) is 0 Å². The average Bonchev–Trinajstić information content (AvgIpc) is 2.30. The quantitative estimate of drug-likeness (QED) is 0.720. The summed E-state index contributed by atoms with van der Waals surface area (Å²) in [6, 6.07) is 1.94. The summed E-state index contributed by atoms with van der Waals surface area (Å²) in [5, 5.41) is 0. The summed E-state index contributed by atoms with van der Waals surface area (Å²) in [6.07, 6.45) is 5.05. The lowest BCUT2D eigenvalue weighted by atomic mass is 10.3. The van der Waals surface area contributed by atoms with Crippen LogP contribution in [-0.2, 0) is 6.54 Å². The lowest BCUT2D eigenvalue weighted by molar-refractivity contribution is 0.692. The summed E-state index contributed by atoms with van der Waals surface area (Å²) in [5.74, 6) is 0.704. The highest BCUT2D eigenvalue weighted by atomic mass is 127. The molecule has 0 saturated carbocycles. The third kappa shape index (κ3) is 2.92. The molecule has 0 spiro atoms. The first-order valence-corrected chi connectivity index (χ1v) is 6.76. The molecule has 0 amide bonds. The second-order valence-corrected chi connectivity index (χ2v) is 5.63. The predicted molar refractivity (Wildman–Crippen MR) is 77.0 cm³/mol. The fourth-order valence-corrected chi connectivity index (χ4v) is 2.30. The number of halogens is 2. The van der Waals surface area contributed by atoms with Crippen molar-refractivity contribution in [3.63, 3.8) is 0 Å². The first kappa shape index (κ1) is 12.7. The molecule has 2 heterocycles. The summed E-state index contributed by atoms with van der Waals surface area (Å²) < 4.78 is 3.17. The molecule has 88 valence electrons. The second kappa shape index (κ2) is 5.26. The Bertz CT molecular complexity index is 612. The Morgan fingerprint density at radius 1 is 1.41 bits per heavy atom. The van der Waals surface area contributed by atoms with Crippen LogP contribution < -0.4 is 5.56 Å². The molecule has 0 aliphatic carbocycles. The first-order chi connectivity index (χ1) is 8.08. The largest absolute Gasteiger partial charge is 0.291 e. The summed E-state index contributed by atoms with van der Waals surface area (Å²) >= 11 is 5.36. The molecule has 0 aromatic carbocycles. The van der Waals surface area contributed by atoms with E-state index in [4.69, 9.17) is 0 Å². The van der Waals surface area contributed by atoms with E-state index in [9.17, 15) is 4.79 Å². The van der Waals surface area contributed by atoms with E-state index in [2.05, 4.69) is 25.9 Å². The number of hydrogen-bond acceptors (Lipinski definition) is 3. The van der Waals surface area contributed by atoms with Crippen LogP contribution in [-0.4, -0.2) is 14.5 Å². The zero-order chi connectivity index (χ0) is 12.4. The van der Waals surface area contributed by atoms with Crippen LogP contribution in [0.3, 0.4) is 0 Å². The topological polar surface area (TPSA) is 47.8 Å². The molecule has 0 radical (unpaired) electrons. The van der Waals surface area contributed by atoms with Gasteiger partial charge in [-0.3, -0.25) is 14.3 Å². The molecule has 4 nitrogen and oxygen atoms in total. The van der Waals surface area contributed by atoms with E-state index in [1.807, 2.05) is 35.6 Å². The number of pyridine rings is 1. The second-order valence-electron chi connectivity index (χ2n) is 3.56. The van der Waals surface area contributed by atoms with E-state index in [-0.39, 0.29) is 5.56 Å². The van der Waals surface area contributed by atoms with Gasteiger partial charge in [0.25, 0.3) is 5.56 Å². The van der Waals surface area contributed by atoms with E-state index in [0.717, 1.165) is 10.0 Å². The van der Waals surface area contributed by atoms with Crippen molar-refractivity contribution >= 4 is 38.5 Å². The van der Waals surface area contributed by atoms with Crippen LogP contribution in [0.5, 0.6) is 0 Å². The van der Waals surface area contributed by atoms with Crippen molar-refractivity contribution in [1.82, 2.24) is 14.5 Å². The normalized spacial score (nSPS) is 10.5. The van der Waals surface area contributed by atoms with Crippen LogP contribution in [0.25, 0.3) is 0 Å². The highest BCUT2D eigenvalue weighted by Gasteiger charge is 2.06. The smallest absolute Gasteiger partial charge is 0.267 e. The molecule has 6 heteroatoms. The molecule has 0 fully saturated rings. The minimum atomic E-state index is -0.0157. The Morgan fingerprint density at radius 2 is 2.18 bits per heavy atom. The van der Waals surface area contributed by atoms with Crippen LogP contribution in [0.1, 0.15) is 11.4 Å². The molecule has 17 heavy (non-hydrogen) atoms. The molecule has 2 aromatic heterocycles. The molecule has 0 N–H and O–H groups in total. The van der Waals surface area contributed by atoms with E-state index >= 15 is 0 Å². The summed E-state index contributed by atoms with van der Waals surface area (Å²) in [5.41, 5.74) is 0.950. The number of aryl methyl sites for hydroxylation is 1. The van der Waals surface area contributed by atoms with Crippen molar-refractivity contribution in [2.24, 2.45) is 0 Å². The van der Waals surface area contributed by atoms with Gasteiger partial charge in [-0.15, -0.1) is 0 Å². The maximum Gasteiger partial charge on any atom is 0.267 e. The third-order valence-corrected chi connectivity index (χ3v) is 3.48. The molecule has 0 saturated heterocycles. The number of aromatic nitrogens is 3. The maximum absolute atomic E-state index is 12.0. The van der Waals surface area contributed by atoms with Crippen LogP contribution in [0.2, 0.25) is 0 Å². The SMILES string of the molecule is Cc1ncc(I)c(=O)n1Cc1cncc(Br)c1. The minimum Gasteiger partial charge on any atom is -0.291 e. The Hall–Kier alpha value is -0.760. The molecule has 0 aliphatic rings. The fourth-order valence-electron chi connectivity index (χ4n) is 1.46. The Morgan fingerprint density at radius 3 is 2.88 bits per heavy atom. The zero-order valence-corrected chi connectivity index (χ0v) is 12.8. The van der Waals surface area contributed by atoms with Gasteiger partial charge < -0.3 is 0 Å². The van der Waals surface area contributed by atoms with Crippen molar-refractivity contribution in [2.75, 3.05) is 0 Å². The average molecular weight is 406 g/mol. The van der Waals surface area contributed by atoms with Crippen molar-refractivity contribution in [3.05, 3.63) is 54.4 Å². The molecular formula is C11H9BrIN3O. The van der Waals surface area contributed by atoms with Gasteiger partial charge in [0.2, 0.25) is 0 Å². The van der Waals surface area contributed by atoms with Gasteiger partial charge in [0.05, 0.1) is 10.1 Å². The predicted octanol–water partition coefficient (Wildman–Crippen LogP) is 2.36. The third-order valence-electron chi connectivity index (χ3n) is 2.31. The Labute approximate surface area is 120 Å². The van der Waals surface area contributed by atoms with Gasteiger partial charge in [0.1, 0.15) is 5.82 Å². The molecule has 2 aromatic rings. The zero-order valence-electron chi connectivity index (χ0n) is 9.02. The lowest BCUT2D eigenvalue weighted by Crippen LogP contribution is -2.26. The standard InChI is InChI=1S/C11H9BrIN3O/c1-7-15-5-10(13)11(17)16(7)6-8-2-9(12)4-14-3-8/h2-5H,6H2,1H3. The van der Waals surface area contributed by atoms with Crippen molar-refractivity contribution < 1.29 is 0 Å². The molecular weight excluding hydrogens is 397 g/mol. The molecule has 0 unspecified atom stereocenters. The van der Waals surface area contributed by atoms with Gasteiger partial charge in [0.15, 0.2) is 0 Å². The van der Waals surface area contributed by atoms with Gasteiger partial charge in [-0.25, -0.2) is 4.98 Å².